The normalized spacial score (nSPS) is 28.7. The van der Waals surface area contributed by atoms with Crippen LogP contribution in [0.15, 0.2) is 0 Å². The predicted molar refractivity (Wildman–Crippen MR) is 88.8 cm³/mol. The SMILES string of the molecule is N=C1NC(CCC2CCCCC2)C(=O)N1C1CCCCCC1. The van der Waals surface area contributed by atoms with Gasteiger partial charge in [-0.05, 0) is 31.6 Å². The molecule has 2 N–H and O–H groups in total. The summed E-state index contributed by atoms with van der Waals surface area (Å²) in [7, 11) is 0. The number of nitrogens with one attached hydrogen (secondary N) is 2. The molecule has 2 saturated carbocycles. The number of carbonyl (C=O) groups is 1. The van der Waals surface area contributed by atoms with Crippen LogP contribution in [0.4, 0.5) is 0 Å². The number of guanidine groups is 1. The number of nitrogens with zero attached hydrogens (tertiary/aromatic N) is 1. The topological polar surface area (TPSA) is 56.2 Å². The highest BCUT2D eigenvalue weighted by molar-refractivity contribution is 6.05. The Hall–Kier alpha value is -1.06. The summed E-state index contributed by atoms with van der Waals surface area (Å²) in [6.07, 6.45) is 16.0. The molecule has 1 amide bonds. The Balaban J connectivity index is 1.53. The summed E-state index contributed by atoms with van der Waals surface area (Å²) < 4.78 is 0. The average Bonchev–Trinajstić information content (AvgIpc) is 2.73. The first-order chi connectivity index (χ1) is 10.8. The van der Waals surface area contributed by atoms with E-state index in [0.29, 0.717) is 5.96 Å². The molecule has 3 rings (SSSR count). The van der Waals surface area contributed by atoms with E-state index in [9.17, 15) is 4.79 Å². The molecule has 2 aliphatic carbocycles. The summed E-state index contributed by atoms with van der Waals surface area (Å²) >= 11 is 0. The van der Waals surface area contributed by atoms with E-state index in [2.05, 4.69) is 5.32 Å². The lowest BCUT2D eigenvalue weighted by molar-refractivity contribution is -0.129. The summed E-state index contributed by atoms with van der Waals surface area (Å²) in [5, 5.41) is 11.4. The van der Waals surface area contributed by atoms with Crippen molar-refractivity contribution in [3.8, 4) is 0 Å². The van der Waals surface area contributed by atoms with E-state index < -0.39 is 0 Å². The maximum absolute atomic E-state index is 12.7. The minimum Gasteiger partial charge on any atom is -0.344 e. The molecular formula is C18H31N3O. The van der Waals surface area contributed by atoms with Crippen molar-refractivity contribution in [2.45, 2.75) is 95.6 Å². The van der Waals surface area contributed by atoms with E-state index in [-0.39, 0.29) is 18.0 Å². The van der Waals surface area contributed by atoms with Crippen LogP contribution < -0.4 is 5.32 Å². The third kappa shape index (κ3) is 3.64. The minimum absolute atomic E-state index is 0.127. The Labute approximate surface area is 134 Å². The van der Waals surface area contributed by atoms with Crippen LogP contribution in [0.3, 0.4) is 0 Å². The zero-order valence-corrected chi connectivity index (χ0v) is 13.8. The largest absolute Gasteiger partial charge is 0.344 e. The molecule has 0 radical (unpaired) electrons. The van der Waals surface area contributed by atoms with Crippen molar-refractivity contribution < 1.29 is 4.79 Å². The quantitative estimate of drug-likeness (QED) is 0.776. The molecule has 1 aliphatic heterocycles. The Morgan fingerprint density at radius 2 is 1.50 bits per heavy atom. The minimum atomic E-state index is -0.127. The van der Waals surface area contributed by atoms with Crippen molar-refractivity contribution in [1.29, 1.82) is 5.41 Å². The molecule has 1 saturated heterocycles. The number of hydrogen-bond acceptors (Lipinski definition) is 2. The van der Waals surface area contributed by atoms with Crippen molar-refractivity contribution in [1.82, 2.24) is 10.2 Å². The third-order valence-corrected chi connectivity index (χ3v) is 5.87. The van der Waals surface area contributed by atoms with Crippen molar-refractivity contribution in [3.63, 3.8) is 0 Å². The lowest BCUT2D eigenvalue weighted by Crippen LogP contribution is -2.41. The van der Waals surface area contributed by atoms with E-state index in [1.165, 1.54) is 57.8 Å². The van der Waals surface area contributed by atoms with E-state index in [4.69, 9.17) is 5.41 Å². The summed E-state index contributed by atoms with van der Waals surface area (Å²) in [5.74, 6) is 1.35. The van der Waals surface area contributed by atoms with Crippen LogP contribution in [-0.4, -0.2) is 28.9 Å². The molecule has 0 aromatic carbocycles. The second-order valence-electron chi connectivity index (χ2n) is 7.48. The first-order valence-corrected chi connectivity index (χ1v) is 9.44. The molecule has 1 heterocycles. The van der Waals surface area contributed by atoms with Crippen molar-refractivity contribution in [3.05, 3.63) is 0 Å². The number of rotatable bonds is 4. The first kappa shape index (κ1) is 15.8. The molecule has 22 heavy (non-hydrogen) atoms. The second-order valence-corrected chi connectivity index (χ2v) is 7.48. The second kappa shape index (κ2) is 7.47. The summed E-state index contributed by atoms with van der Waals surface area (Å²) in [6, 6.07) is 0.146. The molecule has 1 atom stereocenters. The van der Waals surface area contributed by atoms with Gasteiger partial charge in [0.25, 0.3) is 5.91 Å². The predicted octanol–water partition coefficient (Wildman–Crippen LogP) is 3.80. The van der Waals surface area contributed by atoms with Gasteiger partial charge < -0.3 is 5.32 Å². The molecular weight excluding hydrogens is 274 g/mol. The monoisotopic (exact) mass is 305 g/mol. The number of amides is 1. The van der Waals surface area contributed by atoms with Gasteiger partial charge in [-0.3, -0.25) is 15.1 Å². The highest BCUT2D eigenvalue weighted by Crippen LogP contribution is 2.30. The van der Waals surface area contributed by atoms with Gasteiger partial charge >= 0.3 is 0 Å². The van der Waals surface area contributed by atoms with Gasteiger partial charge in [0.2, 0.25) is 0 Å². The third-order valence-electron chi connectivity index (χ3n) is 5.87. The average molecular weight is 305 g/mol. The number of carbonyl (C=O) groups excluding carboxylic acids is 1. The Bertz CT molecular complexity index is 395. The highest BCUT2D eigenvalue weighted by Gasteiger charge is 2.39. The maximum Gasteiger partial charge on any atom is 0.252 e. The molecule has 3 aliphatic rings. The fourth-order valence-corrected chi connectivity index (χ4v) is 4.53. The standard InChI is InChI=1S/C18H31N3O/c19-18-20-16(13-12-14-8-4-3-5-9-14)17(22)21(18)15-10-6-1-2-7-11-15/h14-16H,1-13H2,(H2,19,20). The van der Waals surface area contributed by atoms with E-state index >= 15 is 0 Å². The zero-order chi connectivity index (χ0) is 15.4. The molecule has 4 heteroatoms. The molecule has 4 nitrogen and oxygen atoms in total. The Morgan fingerprint density at radius 3 is 2.18 bits per heavy atom. The first-order valence-electron chi connectivity index (χ1n) is 9.44. The fraction of sp³-hybridized carbons (Fsp3) is 0.889. The van der Waals surface area contributed by atoms with Crippen LogP contribution in [0.25, 0.3) is 0 Å². The molecule has 3 fully saturated rings. The summed E-state index contributed by atoms with van der Waals surface area (Å²) in [5.41, 5.74) is 0. The smallest absolute Gasteiger partial charge is 0.252 e. The van der Waals surface area contributed by atoms with Crippen LogP contribution in [-0.2, 0) is 4.79 Å². The van der Waals surface area contributed by atoms with Crippen molar-refractivity contribution >= 4 is 11.9 Å². The molecule has 1 unspecified atom stereocenters. The highest BCUT2D eigenvalue weighted by atomic mass is 16.2. The van der Waals surface area contributed by atoms with Crippen molar-refractivity contribution in [2.75, 3.05) is 0 Å². The van der Waals surface area contributed by atoms with Crippen LogP contribution in [0.5, 0.6) is 0 Å². The molecule has 0 aromatic heterocycles. The lowest BCUT2D eigenvalue weighted by Gasteiger charge is -2.25. The van der Waals surface area contributed by atoms with Gasteiger partial charge in [-0.2, -0.15) is 0 Å². The van der Waals surface area contributed by atoms with Crippen molar-refractivity contribution in [2.24, 2.45) is 5.92 Å². The van der Waals surface area contributed by atoms with Gasteiger partial charge in [0.15, 0.2) is 5.96 Å². The van der Waals surface area contributed by atoms with Crippen LogP contribution in [0.1, 0.15) is 83.5 Å². The molecule has 0 bridgehead atoms. The fourth-order valence-electron chi connectivity index (χ4n) is 4.53. The van der Waals surface area contributed by atoms with Gasteiger partial charge in [-0.15, -0.1) is 0 Å². The maximum atomic E-state index is 12.7. The Morgan fingerprint density at radius 1 is 0.909 bits per heavy atom. The lowest BCUT2D eigenvalue weighted by atomic mass is 9.85. The van der Waals surface area contributed by atoms with Gasteiger partial charge in [0.1, 0.15) is 6.04 Å². The summed E-state index contributed by atoms with van der Waals surface area (Å²) in [4.78, 5) is 14.5. The van der Waals surface area contributed by atoms with E-state index in [0.717, 1.165) is 31.6 Å². The van der Waals surface area contributed by atoms with Crippen LogP contribution >= 0.6 is 0 Å². The van der Waals surface area contributed by atoms with Gasteiger partial charge in [-0.25, -0.2) is 0 Å². The molecule has 0 aromatic rings. The van der Waals surface area contributed by atoms with Gasteiger partial charge in [0.05, 0.1) is 0 Å². The summed E-state index contributed by atoms with van der Waals surface area (Å²) in [6.45, 7) is 0. The molecule has 0 spiro atoms. The zero-order valence-electron chi connectivity index (χ0n) is 13.8. The number of hydrogen-bond donors (Lipinski definition) is 2. The van der Waals surface area contributed by atoms with Gasteiger partial charge in [0, 0.05) is 6.04 Å². The Kier molecular flexibility index (Phi) is 5.37. The van der Waals surface area contributed by atoms with Crippen LogP contribution in [0, 0.1) is 11.3 Å². The van der Waals surface area contributed by atoms with E-state index in [1.807, 2.05) is 0 Å². The van der Waals surface area contributed by atoms with E-state index in [1.54, 1.807) is 4.90 Å². The molecule has 124 valence electrons. The van der Waals surface area contributed by atoms with Gasteiger partial charge in [-0.1, -0.05) is 57.8 Å². The van der Waals surface area contributed by atoms with Crippen LogP contribution in [0.2, 0.25) is 0 Å².